The molecule has 3 aromatic heterocycles. The number of nitrogens with zero attached hydrogens (tertiary/aromatic N) is 5. The Bertz CT molecular complexity index is 1300. The zero-order valence-corrected chi connectivity index (χ0v) is 18.3. The van der Waals surface area contributed by atoms with Crippen LogP contribution < -0.4 is 0 Å². The first kappa shape index (κ1) is 22.7. The fourth-order valence-corrected chi connectivity index (χ4v) is 4.18. The maximum atomic E-state index is 13.2. The van der Waals surface area contributed by atoms with Gasteiger partial charge in [-0.1, -0.05) is 6.92 Å². The third-order valence-corrected chi connectivity index (χ3v) is 6.49. The van der Waals surface area contributed by atoms with Crippen molar-refractivity contribution in [2.45, 2.75) is 24.9 Å². The number of amides is 1. The number of hydrogen-bond acceptors (Lipinski definition) is 6. The van der Waals surface area contributed by atoms with E-state index in [1.54, 1.807) is 0 Å². The van der Waals surface area contributed by atoms with Crippen LogP contribution >= 0.6 is 0 Å². The highest BCUT2D eigenvalue weighted by atomic mass is 32.2. The summed E-state index contributed by atoms with van der Waals surface area (Å²) >= 11 is 0. The lowest BCUT2D eigenvalue weighted by Crippen LogP contribution is -2.23. The van der Waals surface area contributed by atoms with E-state index in [1.807, 2.05) is 0 Å². The van der Waals surface area contributed by atoms with Crippen molar-refractivity contribution in [3.05, 3.63) is 35.3 Å². The van der Waals surface area contributed by atoms with Crippen molar-refractivity contribution in [3.63, 3.8) is 0 Å². The molecule has 0 N–H and O–H groups in total. The van der Waals surface area contributed by atoms with Crippen molar-refractivity contribution in [2.24, 2.45) is 7.05 Å². The fourth-order valence-electron chi connectivity index (χ4n) is 3.16. The van der Waals surface area contributed by atoms with Crippen LogP contribution in [-0.2, 0) is 23.1 Å². The number of fused-ring (bicyclic) bond motifs is 1. The number of imidazole rings is 1. The second kappa shape index (κ2) is 7.59. The second-order valence-electron chi connectivity index (χ2n) is 7.10. The van der Waals surface area contributed by atoms with Gasteiger partial charge >= 0.3 is 6.18 Å². The summed E-state index contributed by atoms with van der Waals surface area (Å²) in [6.45, 7) is 2.86. The van der Waals surface area contributed by atoms with E-state index < -0.39 is 27.6 Å². The molecule has 0 saturated heterocycles. The Morgan fingerprint density at radius 3 is 2.35 bits per heavy atom. The monoisotopic (exact) mass is 455 g/mol. The molecule has 3 aromatic rings. The molecule has 0 aliphatic carbocycles. The van der Waals surface area contributed by atoms with Gasteiger partial charge in [0, 0.05) is 21.1 Å². The van der Waals surface area contributed by atoms with Gasteiger partial charge in [0.2, 0.25) is 0 Å². The fraction of sp³-hybridized carbons (Fsp3) is 0.368. The molecule has 8 nitrogen and oxygen atoms in total. The van der Waals surface area contributed by atoms with Gasteiger partial charge in [0.15, 0.2) is 15.7 Å². The lowest BCUT2D eigenvalue weighted by Gasteiger charge is -2.13. The van der Waals surface area contributed by atoms with E-state index >= 15 is 0 Å². The molecule has 0 unspecified atom stereocenters. The standard InChI is InChI=1S/C19H20F3N5O3S/c1-6-31(29,30)13-8-7-11(18(28)26(3)4)24-15(13)17-25-12-9-14(19(20,21)22)23-10(2)16(12)27(17)5/h7-9H,6H2,1-5H3. The minimum Gasteiger partial charge on any atom is -0.343 e. The van der Waals surface area contributed by atoms with Gasteiger partial charge in [0.05, 0.1) is 27.4 Å². The third-order valence-electron chi connectivity index (χ3n) is 4.73. The average molecular weight is 455 g/mol. The molecule has 3 heterocycles. The molecule has 0 aliphatic heterocycles. The van der Waals surface area contributed by atoms with Crippen molar-refractivity contribution in [1.29, 1.82) is 0 Å². The number of sulfone groups is 1. The quantitative estimate of drug-likeness (QED) is 0.600. The summed E-state index contributed by atoms with van der Waals surface area (Å²) in [6.07, 6.45) is -4.66. The van der Waals surface area contributed by atoms with Crippen molar-refractivity contribution >= 4 is 26.8 Å². The number of hydrogen-bond donors (Lipinski definition) is 0. The number of carbonyl (C=O) groups excluding carboxylic acids is 1. The molecule has 0 spiro atoms. The summed E-state index contributed by atoms with van der Waals surface area (Å²) in [4.78, 5) is 25.6. The minimum atomic E-state index is -4.66. The lowest BCUT2D eigenvalue weighted by atomic mass is 10.2. The van der Waals surface area contributed by atoms with Crippen LogP contribution in [0.4, 0.5) is 13.2 Å². The zero-order valence-electron chi connectivity index (χ0n) is 17.4. The van der Waals surface area contributed by atoms with Gasteiger partial charge in [-0.25, -0.2) is 23.4 Å². The molecular formula is C19H20F3N5O3S. The first-order valence-electron chi connectivity index (χ1n) is 9.15. The van der Waals surface area contributed by atoms with Gasteiger partial charge in [0.25, 0.3) is 5.91 Å². The van der Waals surface area contributed by atoms with Crippen LogP contribution in [0.25, 0.3) is 22.6 Å². The van der Waals surface area contributed by atoms with Crippen molar-refractivity contribution in [1.82, 2.24) is 24.4 Å². The molecule has 12 heteroatoms. The van der Waals surface area contributed by atoms with Crippen LogP contribution in [0, 0.1) is 6.92 Å². The van der Waals surface area contributed by atoms with E-state index in [2.05, 4.69) is 15.0 Å². The Labute approximate surface area is 176 Å². The number of aromatic nitrogens is 4. The minimum absolute atomic E-state index is 0.0108. The maximum Gasteiger partial charge on any atom is 0.433 e. The molecule has 1 amide bonds. The SMILES string of the molecule is CCS(=O)(=O)c1ccc(C(=O)N(C)C)nc1-c1nc2cc(C(F)(F)F)nc(C)c2n1C. The average Bonchev–Trinajstić information content (AvgIpc) is 3.03. The van der Waals surface area contributed by atoms with E-state index in [0.29, 0.717) is 5.52 Å². The molecular weight excluding hydrogens is 435 g/mol. The molecule has 0 aliphatic rings. The van der Waals surface area contributed by atoms with E-state index in [1.165, 1.54) is 56.6 Å². The number of aryl methyl sites for hydroxylation is 2. The molecule has 3 rings (SSSR count). The highest BCUT2D eigenvalue weighted by molar-refractivity contribution is 7.91. The molecule has 0 atom stereocenters. The van der Waals surface area contributed by atoms with Crippen LogP contribution in [0.2, 0.25) is 0 Å². The largest absolute Gasteiger partial charge is 0.433 e. The molecule has 0 radical (unpaired) electrons. The van der Waals surface area contributed by atoms with E-state index in [0.717, 1.165) is 6.07 Å². The number of carbonyl (C=O) groups is 1. The van der Waals surface area contributed by atoms with Crippen molar-refractivity contribution < 1.29 is 26.4 Å². The Morgan fingerprint density at radius 1 is 1.16 bits per heavy atom. The van der Waals surface area contributed by atoms with Crippen LogP contribution in [0.1, 0.15) is 28.8 Å². The van der Waals surface area contributed by atoms with Crippen molar-refractivity contribution in [2.75, 3.05) is 19.8 Å². The summed E-state index contributed by atoms with van der Waals surface area (Å²) in [6, 6.07) is 3.36. The van der Waals surface area contributed by atoms with E-state index in [9.17, 15) is 26.4 Å². The first-order valence-corrected chi connectivity index (χ1v) is 10.8. The predicted octanol–water partition coefficient (Wildman–Crippen LogP) is 2.85. The van der Waals surface area contributed by atoms with Crippen LogP contribution in [0.5, 0.6) is 0 Å². The number of pyridine rings is 2. The summed E-state index contributed by atoms with van der Waals surface area (Å²) < 4.78 is 66.3. The Kier molecular flexibility index (Phi) is 5.55. The normalized spacial score (nSPS) is 12.4. The van der Waals surface area contributed by atoms with E-state index in [-0.39, 0.29) is 39.1 Å². The number of rotatable bonds is 4. The Balaban J connectivity index is 2.37. The molecule has 166 valence electrons. The Hall–Kier alpha value is -3.02. The van der Waals surface area contributed by atoms with Crippen LogP contribution in [0.3, 0.4) is 0 Å². The molecule has 0 bridgehead atoms. The first-order chi connectivity index (χ1) is 14.3. The second-order valence-corrected chi connectivity index (χ2v) is 9.35. The van der Waals surface area contributed by atoms with Crippen LogP contribution in [-0.4, -0.2) is 58.6 Å². The Morgan fingerprint density at radius 2 is 1.81 bits per heavy atom. The maximum absolute atomic E-state index is 13.2. The summed E-state index contributed by atoms with van der Waals surface area (Å²) in [5.41, 5.74) is -0.869. The summed E-state index contributed by atoms with van der Waals surface area (Å²) in [5.74, 6) is -0.678. The molecule has 0 aromatic carbocycles. The lowest BCUT2D eigenvalue weighted by molar-refractivity contribution is -0.141. The smallest absolute Gasteiger partial charge is 0.343 e. The van der Waals surface area contributed by atoms with Gasteiger partial charge < -0.3 is 9.47 Å². The summed E-state index contributed by atoms with van der Waals surface area (Å²) in [7, 11) is 0.787. The third kappa shape index (κ3) is 3.99. The van der Waals surface area contributed by atoms with E-state index in [4.69, 9.17) is 0 Å². The van der Waals surface area contributed by atoms with Crippen LogP contribution in [0.15, 0.2) is 23.1 Å². The number of alkyl halides is 3. The van der Waals surface area contributed by atoms with Gasteiger partial charge in [-0.3, -0.25) is 4.79 Å². The summed E-state index contributed by atoms with van der Waals surface area (Å²) in [5, 5.41) is 0. The van der Waals surface area contributed by atoms with Crippen molar-refractivity contribution in [3.8, 4) is 11.5 Å². The number of halogens is 3. The van der Waals surface area contributed by atoms with Gasteiger partial charge in [-0.15, -0.1) is 0 Å². The molecule has 0 saturated carbocycles. The van der Waals surface area contributed by atoms with Gasteiger partial charge in [-0.2, -0.15) is 13.2 Å². The predicted molar refractivity (Wildman–Crippen MR) is 107 cm³/mol. The topological polar surface area (TPSA) is 98.1 Å². The zero-order chi connectivity index (χ0) is 23.3. The molecule has 0 fully saturated rings. The van der Waals surface area contributed by atoms with Gasteiger partial charge in [-0.05, 0) is 25.1 Å². The molecule has 31 heavy (non-hydrogen) atoms. The highest BCUT2D eigenvalue weighted by Gasteiger charge is 2.34. The van der Waals surface area contributed by atoms with Gasteiger partial charge in [0.1, 0.15) is 17.1 Å². The highest BCUT2D eigenvalue weighted by Crippen LogP contribution is 2.33.